The first-order chi connectivity index (χ1) is 12.2. The molecule has 4 heteroatoms. The molecule has 0 fully saturated rings. The summed E-state index contributed by atoms with van der Waals surface area (Å²) in [5.74, 6) is 0.0399. The highest BCUT2D eigenvalue weighted by Crippen LogP contribution is 2.31. The van der Waals surface area contributed by atoms with Gasteiger partial charge < -0.3 is 9.12 Å². The molecule has 0 aliphatic rings. The third-order valence-corrected chi connectivity index (χ3v) is 4.83. The van der Waals surface area contributed by atoms with Gasteiger partial charge in [0.25, 0.3) is 0 Å². The molecule has 0 bridgehead atoms. The van der Waals surface area contributed by atoms with Crippen molar-refractivity contribution in [2.45, 2.75) is 5.75 Å². The predicted molar refractivity (Wildman–Crippen MR) is 101 cm³/mol. The molecule has 1 atom stereocenters. The van der Waals surface area contributed by atoms with Crippen LogP contribution in [0.15, 0.2) is 84.9 Å². The molecule has 3 aromatic carbocycles. The van der Waals surface area contributed by atoms with E-state index < -0.39 is 11.1 Å². The fourth-order valence-corrected chi connectivity index (χ4v) is 3.60. The molecule has 25 heavy (non-hydrogen) atoms. The molecule has 0 radical (unpaired) electrons. The number of fused-ring (bicyclic) bond motifs is 1. The number of hydrogen-bond acceptors (Lipinski definition) is 2. The maximum absolute atomic E-state index is 10.9. The fraction of sp³-hybridized carbons (Fsp3) is 0.0476. The zero-order chi connectivity index (χ0) is 17.2. The Morgan fingerprint density at radius 1 is 0.840 bits per heavy atom. The fourth-order valence-electron chi connectivity index (χ4n) is 3.13. The van der Waals surface area contributed by atoms with Gasteiger partial charge >= 0.3 is 0 Å². The van der Waals surface area contributed by atoms with Crippen molar-refractivity contribution in [3.8, 4) is 16.9 Å². The van der Waals surface area contributed by atoms with Crippen LogP contribution >= 0.6 is 0 Å². The van der Waals surface area contributed by atoms with Crippen LogP contribution in [-0.4, -0.2) is 13.3 Å². The van der Waals surface area contributed by atoms with Gasteiger partial charge in [-0.05, 0) is 35.4 Å². The van der Waals surface area contributed by atoms with E-state index in [-0.39, 0.29) is 5.75 Å². The van der Waals surface area contributed by atoms with Gasteiger partial charge in [0, 0.05) is 16.8 Å². The average Bonchev–Trinajstić information content (AvgIpc) is 3.02. The Morgan fingerprint density at radius 3 is 2.24 bits per heavy atom. The summed E-state index contributed by atoms with van der Waals surface area (Å²) in [5, 5.41) is 1.17. The van der Waals surface area contributed by atoms with Crippen molar-refractivity contribution in [2.75, 3.05) is 0 Å². The van der Waals surface area contributed by atoms with Gasteiger partial charge in [-0.1, -0.05) is 71.7 Å². The zero-order valence-corrected chi connectivity index (χ0v) is 14.3. The van der Waals surface area contributed by atoms with Crippen LogP contribution in [0, 0.1) is 0 Å². The second kappa shape index (κ2) is 6.67. The third kappa shape index (κ3) is 3.14. The van der Waals surface area contributed by atoms with Crippen molar-refractivity contribution in [1.29, 1.82) is 0 Å². The van der Waals surface area contributed by atoms with Gasteiger partial charge in [-0.15, -0.1) is 0 Å². The van der Waals surface area contributed by atoms with Crippen LogP contribution in [0.1, 0.15) is 5.56 Å². The summed E-state index contributed by atoms with van der Waals surface area (Å²) in [5.41, 5.74) is 5.18. The lowest BCUT2D eigenvalue weighted by Gasteiger charge is -2.12. The number of nitrogens with zero attached hydrogens (tertiary/aromatic N) is 1. The topological polar surface area (TPSA) is 45.1 Å². The SMILES string of the molecule is O=S([O-])Cc1ccc(-n2c(-c3ccccc3)cc3ccccc32)cc1. The van der Waals surface area contributed by atoms with E-state index in [1.54, 1.807) is 0 Å². The van der Waals surface area contributed by atoms with E-state index in [0.717, 1.165) is 28.0 Å². The molecule has 1 unspecified atom stereocenters. The van der Waals surface area contributed by atoms with Crippen LogP contribution in [0.3, 0.4) is 0 Å². The molecule has 1 heterocycles. The van der Waals surface area contributed by atoms with Crippen molar-refractivity contribution in [3.05, 3.63) is 90.5 Å². The minimum Gasteiger partial charge on any atom is -0.772 e. The van der Waals surface area contributed by atoms with Crippen LogP contribution in [-0.2, 0) is 16.8 Å². The van der Waals surface area contributed by atoms with Gasteiger partial charge in [-0.3, -0.25) is 4.21 Å². The smallest absolute Gasteiger partial charge is 0.0540 e. The molecule has 0 N–H and O–H groups in total. The van der Waals surface area contributed by atoms with Crippen LogP contribution in [0.25, 0.3) is 27.8 Å². The summed E-state index contributed by atoms with van der Waals surface area (Å²) >= 11 is -2.07. The minimum absolute atomic E-state index is 0.0399. The van der Waals surface area contributed by atoms with E-state index in [4.69, 9.17) is 0 Å². The van der Waals surface area contributed by atoms with E-state index in [9.17, 15) is 8.76 Å². The molecule has 0 saturated carbocycles. The Labute approximate surface area is 148 Å². The minimum atomic E-state index is -2.07. The summed E-state index contributed by atoms with van der Waals surface area (Å²) < 4.78 is 24.0. The van der Waals surface area contributed by atoms with Crippen molar-refractivity contribution >= 4 is 22.0 Å². The number of rotatable bonds is 4. The van der Waals surface area contributed by atoms with E-state index in [0.29, 0.717) is 0 Å². The average molecular weight is 346 g/mol. The van der Waals surface area contributed by atoms with Crippen molar-refractivity contribution in [2.24, 2.45) is 0 Å². The summed E-state index contributed by atoms with van der Waals surface area (Å²) in [7, 11) is 0. The molecule has 0 aliphatic carbocycles. The molecule has 0 saturated heterocycles. The first kappa shape index (κ1) is 15.8. The molecule has 0 aliphatic heterocycles. The first-order valence-electron chi connectivity index (χ1n) is 8.03. The molecule has 3 nitrogen and oxygen atoms in total. The van der Waals surface area contributed by atoms with Crippen molar-refractivity contribution in [3.63, 3.8) is 0 Å². The molecular weight excluding hydrogens is 330 g/mol. The molecular formula is C21H16NO2S-. The standard InChI is InChI=1S/C21H17NO2S/c23-25(24)15-16-10-12-19(13-11-16)22-20-9-5-4-8-18(20)14-21(22)17-6-2-1-3-7-17/h1-14H,15H2,(H,23,24)/p-1. The Balaban J connectivity index is 1.89. The number of aromatic nitrogens is 1. The third-order valence-electron chi connectivity index (χ3n) is 4.26. The molecule has 124 valence electrons. The Kier molecular flexibility index (Phi) is 4.22. The van der Waals surface area contributed by atoms with Crippen molar-refractivity contribution < 1.29 is 8.76 Å². The summed E-state index contributed by atoms with van der Waals surface area (Å²) in [6, 6.07) is 28.4. The zero-order valence-electron chi connectivity index (χ0n) is 13.5. The lowest BCUT2D eigenvalue weighted by Crippen LogP contribution is -1.98. The highest BCUT2D eigenvalue weighted by Gasteiger charge is 2.11. The first-order valence-corrected chi connectivity index (χ1v) is 9.28. The summed E-state index contributed by atoms with van der Waals surface area (Å²) in [4.78, 5) is 0. The quantitative estimate of drug-likeness (QED) is 0.504. The van der Waals surface area contributed by atoms with E-state index >= 15 is 0 Å². The van der Waals surface area contributed by atoms with Gasteiger partial charge in [0.15, 0.2) is 0 Å². The maximum atomic E-state index is 10.9. The van der Waals surface area contributed by atoms with Gasteiger partial charge in [0.1, 0.15) is 0 Å². The van der Waals surface area contributed by atoms with Crippen LogP contribution < -0.4 is 0 Å². The summed E-state index contributed by atoms with van der Waals surface area (Å²) in [6.07, 6.45) is 0. The van der Waals surface area contributed by atoms with Gasteiger partial charge in [-0.2, -0.15) is 0 Å². The lowest BCUT2D eigenvalue weighted by atomic mass is 10.1. The highest BCUT2D eigenvalue weighted by atomic mass is 32.2. The van der Waals surface area contributed by atoms with Crippen LogP contribution in [0.5, 0.6) is 0 Å². The maximum Gasteiger partial charge on any atom is 0.0540 e. The second-order valence-electron chi connectivity index (χ2n) is 5.90. The second-order valence-corrected chi connectivity index (χ2v) is 6.80. The predicted octanol–water partition coefficient (Wildman–Crippen LogP) is 4.68. The Hall–Kier alpha value is -2.69. The number of hydrogen-bond donors (Lipinski definition) is 0. The molecule has 0 spiro atoms. The largest absolute Gasteiger partial charge is 0.772 e. The normalized spacial score (nSPS) is 12.4. The van der Waals surface area contributed by atoms with Gasteiger partial charge in [0.2, 0.25) is 0 Å². The van der Waals surface area contributed by atoms with Crippen LogP contribution in [0.4, 0.5) is 0 Å². The summed E-state index contributed by atoms with van der Waals surface area (Å²) in [6.45, 7) is 0. The van der Waals surface area contributed by atoms with Gasteiger partial charge in [0.05, 0.1) is 11.2 Å². The van der Waals surface area contributed by atoms with Crippen molar-refractivity contribution in [1.82, 2.24) is 4.57 Å². The van der Waals surface area contributed by atoms with E-state index in [2.05, 4.69) is 34.9 Å². The monoisotopic (exact) mass is 346 g/mol. The number of para-hydroxylation sites is 1. The van der Waals surface area contributed by atoms with Gasteiger partial charge in [-0.25, -0.2) is 0 Å². The Morgan fingerprint density at radius 2 is 1.52 bits per heavy atom. The molecule has 4 rings (SSSR count). The van der Waals surface area contributed by atoms with E-state index in [1.807, 2.05) is 54.6 Å². The highest BCUT2D eigenvalue weighted by molar-refractivity contribution is 7.78. The van der Waals surface area contributed by atoms with E-state index in [1.165, 1.54) is 5.39 Å². The Bertz CT molecular complexity index is 1040. The molecule has 0 amide bonds. The molecule has 1 aromatic heterocycles. The lowest BCUT2D eigenvalue weighted by molar-refractivity contribution is 0.536. The molecule has 4 aromatic rings. The van der Waals surface area contributed by atoms with Crippen LogP contribution in [0.2, 0.25) is 0 Å². The number of benzene rings is 3.